The largest absolute Gasteiger partial charge is 0.494 e. The van der Waals surface area contributed by atoms with Gasteiger partial charge in [-0.25, -0.2) is 4.39 Å². The molecule has 0 fully saturated rings. The highest BCUT2D eigenvalue weighted by Crippen LogP contribution is 2.21. The second kappa shape index (κ2) is 10.2. The lowest BCUT2D eigenvalue weighted by molar-refractivity contribution is 0.386. The number of rotatable bonds is 6. The fourth-order valence-electron chi connectivity index (χ4n) is 2.79. The molecule has 28 heavy (non-hydrogen) atoms. The summed E-state index contributed by atoms with van der Waals surface area (Å²) in [5.74, 6) is 1.35. The number of ether oxygens (including phenoxy) is 1. The van der Waals surface area contributed by atoms with Gasteiger partial charge in [-0.3, -0.25) is 9.39 Å². The maximum absolute atomic E-state index is 13.9. The number of benzene rings is 1. The Labute approximate surface area is 180 Å². The number of nitrogens with one attached hydrogen (secondary N) is 2. The van der Waals surface area contributed by atoms with Crippen molar-refractivity contribution in [1.29, 1.82) is 0 Å². The van der Waals surface area contributed by atoms with Crippen LogP contribution in [0.5, 0.6) is 5.75 Å². The molecule has 2 heterocycles. The molecule has 0 bridgehead atoms. The van der Waals surface area contributed by atoms with Gasteiger partial charge in [-0.15, -0.1) is 34.2 Å². The normalized spacial score (nSPS) is 12.4. The molecule has 3 aromatic rings. The average Bonchev–Trinajstić information content (AvgIpc) is 3.10. The van der Waals surface area contributed by atoms with Crippen molar-refractivity contribution in [2.75, 3.05) is 20.7 Å². The molecule has 9 heteroatoms. The summed E-state index contributed by atoms with van der Waals surface area (Å²) < 4.78 is 20.8. The zero-order chi connectivity index (χ0) is 19.2. The first-order valence-electron chi connectivity index (χ1n) is 8.71. The Hall–Kier alpha value is -2.43. The van der Waals surface area contributed by atoms with Gasteiger partial charge in [-0.2, -0.15) is 0 Å². The van der Waals surface area contributed by atoms with E-state index in [1.165, 1.54) is 13.2 Å². The van der Waals surface area contributed by atoms with Crippen molar-refractivity contribution in [3.8, 4) is 5.75 Å². The summed E-state index contributed by atoms with van der Waals surface area (Å²) >= 11 is 0. The van der Waals surface area contributed by atoms with Crippen LogP contribution >= 0.6 is 24.0 Å². The van der Waals surface area contributed by atoms with Crippen LogP contribution in [-0.4, -0.2) is 41.3 Å². The SMILES string of the molecule is CN=C(NCCc1nnc2ccccn12)NC(C)c1ccc(OC)c(F)c1.I. The van der Waals surface area contributed by atoms with Crippen molar-refractivity contribution in [1.82, 2.24) is 25.2 Å². The summed E-state index contributed by atoms with van der Waals surface area (Å²) in [5.41, 5.74) is 1.63. The van der Waals surface area contributed by atoms with Crippen LogP contribution in [0.25, 0.3) is 5.65 Å². The Balaban J connectivity index is 0.00000280. The predicted molar refractivity (Wildman–Crippen MR) is 118 cm³/mol. The van der Waals surface area contributed by atoms with Gasteiger partial charge in [0.25, 0.3) is 0 Å². The number of guanidine groups is 1. The number of fused-ring (bicyclic) bond motifs is 1. The molecule has 1 aromatic carbocycles. The summed E-state index contributed by atoms with van der Waals surface area (Å²) in [6.07, 6.45) is 2.63. The van der Waals surface area contributed by atoms with Gasteiger partial charge in [0.15, 0.2) is 23.2 Å². The van der Waals surface area contributed by atoms with Crippen molar-refractivity contribution in [3.63, 3.8) is 0 Å². The minimum atomic E-state index is -0.384. The van der Waals surface area contributed by atoms with Crippen LogP contribution in [0.1, 0.15) is 24.4 Å². The first kappa shape index (κ1) is 21.9. The molecule has 0 aliphatic carbocycles. The molecular formula is C19H24FIN6O. The number of methoxy groups -OCH3 is 1. The third-order valence-corrected chi connectivity index (χ3v) is 4.28. The van der Waals surface area contributed by atoms with Gasteiger partial charge in [0.05, 0.1) is 13.2 Å². The van der Waals surface area contributed by atoms with E-state index in [1.54, 1.807) is 13.1 Å². The highest BCUT2D eigenvalue weighted by atomic mass is 127. The molecule has 0 radical (unpaired) electrons. The lowest BCUT2D eigenvalue weighted by atomic mass is 10.1. The molecule has 0 spiro atoms. The quantitative estimate of drug-likeness (QED) is 0.311. The van der Waals surface area contributed by atoms with E-state index in [9.17, 15) is 4.39 Å². The van der Waals surface area contributed by atoms with Gasteiger partial charge in [-0.1, -0.05) is 12.1 Å². The lowest BCUT2D eigenvalue weighted by Crippen LogP contribution is -2.39. The van der Waals surface area contributed by atoms with Crippen LogP contribution in [0, 0.1) is 5.82 Å². The van der Waals surface area contributed by atoms with E-state index in [-0.39, 0.29) is 41.6 Å². The summed E-state index contributed by atoms with van der Waals surface area (Å²) in [6, 6.07) is 10.6. The summed E-state index contributed by atoms with van der Waals surface area (Å²) in [4.78, 5) is 4.22. The van der Waals surface area contributed by atoms with E-state index in [4.69, 9.17) is 4.74 Å². The fourth-order valence-corrected chi connectivity index (χ4v) is 2.79. The first-order chi connectivity index (χ1) is 13.1. The molecule has 0 aliphatic rings. The monoisotopic (exact) mass is 498 g/mol. The molecule has 150 valence electrons. The van der Waals surface area contributed by atoms with E-state index in [2.05, 4.69) is 25.8 Å². The number of halogens is 2. The average molecular weight is 498 g/mol. The molecule has 1 unspecified atom stereocenters. The maximum Gasteiger partial charge on any atom is 0.191 e. The number of nitrogens with zero attached hydrogens (tertiary/aromatic N) is 4. The zero-order valence-corrected chi connectivity index (χ0v) is 18.3. The third-order valence-electron chi connectivity index (χ3n) is 4.28. The number of hydrogen-bond acceptors (Lipinski definition) is 4. The Morgan fingerprint density at radius 3 is 2.82 bits per heavy atom. The maximum atomic E-state index is 13.9. The van der Waals surface area contributed by atoms with Crippen molar-refractivity contribution >= 4 is 35.6 Å². The first-order valence-corrected chi connectivity index (χ1v) is 8.71. The second-order valence-corrected chi connectivity index (χ2v) is 6.05. The lowest BCUT2D eigenvalue weighted by Gasteiger charge is -2.18. The van der Waals surface area contributed by atoms with E-state index in [0.717, 1.165) is 17.0 Å². The van der Waals surface area contributed by atoms with Crippen molar-refractivity contribution in [2.45, 2.75) is 19.4 Å². The molecule has 0 amide bonds. The van der Waals surface area contributed by atoms with Crippen LogP contribution < -0.4 is 15.4 Å². The topological polar surface area (TPSA) is 75.8 Å². The van der Waals surface area contributed by atoms with Crippen LogP contribution in [0.4, 0.5) is 4.39 Å². The molecule has 7 nitrogen and oxygen atoms in total. The van der Waals surface area contributed by atoms with Crippen molar-refractivity contribution in [2.24, 2.45) is 4.99 Å². The summed E-state index contributed by atoms with van der Waals surface area (Å²) in [5, 5.41) is 14.9. The Bertz CT molecular complexity index is 945. The molecule has 1 atom stereocenters. The van der Waals surface area contributed by atoms with Gasteiger partial charge in [-0.05, 0) is 36.8 Å². The molecule has 3 rings (SSSR count). The molecule has 0 saturated heterocycles. The number of aliphatic imine (C=N–C) groups is 1. The Morgan fingerprint density at radius 2 is 2.11 bits per heavy atom. The fraction of sp³-hybridized carbons (Fsp3) is 0.316. The second-order valence-electron chi connectivity index (χ2n) is 6.05. The van der Waals surface area contributed by atoms with E-state index in [0.29, 0.717) is 18.9 Å². The molecular weight excluding hydrogens is 474 g/mol. The molecule has 0 saturated carbocycles. The van der Waals surface area contributed by atoms with Gasteiger partial charge in [0, 0.05) is 26.2 Å². The minimum absolute atomic E-state index is 0. The Kier molecular flexibility index (Phi) is 7.97. The van der Waals surface area contributed by atoms with Gasteiger partial charge in [0.1, 0.15) is 5.82 Å². The van der Waals surface area contributed by atoms with Gasteiger partial charge >= 0.3 is 0 Å². The Morgan fingerprint density at radius 1 is 1.29 bits per heavy atom. The zero-order valence-electron chi connectivity index (χ0n) is 16.0. The van der Waals surface area contributed by atoms with E-state index in [1.807, 2.05) is 41.8 Å². The van der Waals surface area contributed by atoms with Crippen LogP contribution in [0.15, 0.2) is 47.6 Å². The van der Waals surface area contributed by atoms with Crippen LogP contribution in [-0.2, 0) is 6.42 Å². The summed E-state index contributed by atoms with van der Waals surface area (Å²) in [7, 11) is 3.15. The summed E-state index contributed by atoms with van der Waals surface area (Å²) in [6.45, 7) is 2.58. The van der Waals surface area contributed by atoms with E-state index < -0.39 is 0 Å². The standard InChI is InChI=1S/C19H23FN6O.HI/c1-13(14-7-8-16(27-3)15(20)12-14)23-19(21-2)22-10-9-18-25-24-17-6-4-5-11-26(17)18;/h4-8,11-13H,9-10H2,1-3H3,(H2,21,22,23);1H. The minimum Gasteiger partial charge on any atom is -0.494 e. The molecule has 0 aliphatic heterocycles. The highest BCUT2D eigenvalue weighted by Gasteiger charge is 2.11. The van der Waals surface area contributed by atoms with Crippen LogP contribution in [0.2, 0.25) is 0 Å². The number of hydrogen-bond donors (Lipinski definition) is 2. The van der Waals surface area contributed by atoms with Crippen LogP contribution in [0.3, 0.4) is 0 Å². The highest BCUT2D eigenvalue weighted by molar-refractivity contribution is 14.0. The van der Waals surface area contributed by atoms with Crippen molar-refractivity contribution in [3.05, 3.63) is 59.8 Å². The third kappa shape index (κ3) is 5.09. The van der Waals surface area contributed by atoms with Gasteiger partial charge < -0.3 is 15.4 Å². The van der Waals surface area contributed by atoms with Gasteiger partial charge in [0.2, 0.25) is 0 Å². The molecule has 2 aromatic heterocycles. The molecule has 2 N–H and O–H groups in total. The number of pyridine rings is 1. The van der Waals surface area contributed by atoms with Crippen molar-refractivity contribution < 1.29 is 9.13 Å². The predicted octanol–water partition coefficient (Wildman–Crippen LogP) is 2.96. The smallest absolute Gasteiger partial charge is 0.191 e. The number of aromatic nitrogens is 3. The van der Waals surface area contributed by atoms with E-state index >= 15 is 0 Å².